The van der Waals surface area contributed by atoms with Crippen molar-refractivity contribution in [3.8, 4) is 11.1 Å². The number of hydrogen-bond acceptors (Lipinski definition) is 4. The van der Waals surface area contributed by atoms with Crippen LogP contribution < -0.4 is 5.32 Å². The second-order valence-electron chi connectivity index (χ2n) is 5.39. The summed E-state index contributed by atoms with van der Waals surface area (Å²) in [6.45, 7) is 0. The summed E-state index contributed by atoms with van der Waals surface area (Å²) in [5, 5.41) is 3.74. The van der Waals surface area contributed by atoms with Crippen molar-refractivity contribution in [2.24, 2.45) is 0 Å². The lowest BCUT2D eigenvalue weighted by Crippen LogP contribution is -2.17. The van der Waals surface area contributed by atoms with Crippen molar-refractivity contribution >= 4 is 51.2 Å². The minimum Gasteiger partial charge on any atom is -0.307 e. The molecule has 0 atom stereocenters. The van der Waals surface area contributed by atoms with Gasteiger partial charge in [-0.3, -0.25) is 9.78 Å². The van der Waals surface area contributed by atoms with Crippen LogP contribution in [-0.2, 0) is 4.79 Å². The Morgan fingerprint density at radius 2 is 1.92 bits per heavy atom. The van der Waals surface area contributed by atoms with Gasteiger partial charge in [0.05, 0.1) is 10.4 Å². The Bertz CT molecular complexity index is 1010. The van der Waals surface area contributed by atoms with Gasteiger partial charge in [0.1, 0.15) is 4.32 Å². The number of amides is 1. The molecule has 2 aromatic carbocycles. The van der Waals surface area contributed by atoms with E-state index in [9.17, 15) is 4.79 Å². The molecule has 3 aromatic rings. The molecule has 0 bridgehead atoms. The third kappa shape index (κ3) is 2.96. The molecule has 1 aliphatic heterocycles. The van der Waals surface area contributed by atoms with Crippen LogP contribution in [0, 0.1) is 0 Å². The van der Waals surface area contributed by atoms with Crippen molar-refractivity contribution in [3.05, 3.63) is 71.3 Å². The van der Waals surface area contributed by atoms with Crippen LogP contribution >= 0.6 is 24.0 Å². The van der Waals surface area contributed by atoms with Crippen LogP contribution in [0.5, 0.6) is 0 Å². The molecule has 0 aliphatic carbocycles. The molecule has 2 heterocycles. The molecule has 0 unspecified atom stereocenters. The van der Waals surface area contributed by atoms with Crippen molar-refractivity contribution in [1.82, 2.24) is 10.3 Å². The van der Waals surface area contributed by atoms with E-state index < -0.39 is 0 Å². The molecule has 1 amide bonds. The summed E-state index contributed by atoms with van der Waals surface area (Å²) in [6, 6.07) is 18.3. The number of carbonyl (C=O) groups excluding carboxylic acids is 1. The van der Waals surface area contributed by atoms with E-state index in [1.54, 1.807) is 6.20 Å². The van der Waals surface area contributed by atoms with Crippen LogP contribution in [-0.4, -0.2) is 15.2 Å². The summed E-state index contributed by atoms with van der Waals surface area (Å²) in [4.78, 5) is 16.8. The van der Waals surface area contributed by atoms with Crippen molar-refractivity contribution in [2.75, 3.05) is 0 Å². The van der Waals surface area contributed by atoms with E-state index >= 15 is 0 Å². The first-order valence-corrected chi connectivity index (χ1v) is 8.62. The maximum Gasteiger partial charge on any atom is 0.263 e. The largest absolute Gasteiger partial charge is 0.307 e. The molecule has 24 heavy (non-hydrogen) atoms. The quantitative estimate of drug-likeness (QED) is 0.551. The molecule has 0 radical (unpaired) electrons. The molecule has 5 heteroatoms. The zero-order valence-electron chi connectivity index (χ0n) is 12.5. The third-order valence-electron chi connectivity index (χ3n) is 3.76. The molecule has 0 saturated carbocycles. The van der Waals surface area contributed by atoms with E-state index in [1.807, 2.05) is 30.3 Å². The zero-order chi connectivity index (χ0) is 16.5. The average Bonchev–Trinajstić information content (AvgIpc) is 2.92. The Hall–Kier alpha value is -2.50. The minimum atomic E-state index is -0.132. The maximum absolute atomic E-state index is 11.8. The van der Waals surface area contributed by atoms with Crippen LogP contribution in [0.2, 0.25) is 0 Å². The van der Waals surface area contributed by atoms with Gasteiger partial charge in [-0.25, -0.2) is 0 Å². The second-order valence-corrected chi connectivity index (χ2v) is 7.11. The first-order chi connectivity index (χ1) is 11.7. The van der Waals surface area contributed by atoms with E-state index in [-0.39, 0.29) is 5.91 Å². The number of rotatable bonds is 2. The van der Waals surface area contributed by atoms with Crippen LogP contribution in [0.25, 0.3) is 28.1 Å². The highest BCUT2D eigenvalue weighted by Gasteiger charge is 2.21. The van der Waals surface area contributed by atoms with E-state index in [0.29, 0.717) is 9.23 Å². The van der Waals surface area contributed by atoms with Gasteiger partial charge in [0.2, 0.25) is 0 Å². The summed E-state index contributed by atoms with van der Waals surface area (Å²) in [6.07, 6.45) is 3.66. The lowest BCUT2D eigenvalue weighted by molar-refractivity contribution is -0.115. The predicted molar refractivity (Wildman–Crippen MR) is 103 cm³/mol. The molecule has 4 rings (SSSR count). The lowest BCUT2D eigenvalue weighted by Gasteiger charge is -2.05. The smallest absolute Gasteiger partial charge is 0.263 e. The fourth-order valence-electron chi connectivity index (χ4n) is 2.64. The van der Waals surface area contributed by atoms with Crippen LogP contribution in [0.1, 0.15) is 5.56 Å². The fraction of sp³-hybridized carbons (Fsp3) is 0. The van der Waals surface area contributed by atoms with Gasteiger partial charge in [0, 0.05) is 11.6 Å². The maximum atomic E-state index is 11.8. The number of nitrogens with one attached hydrogen (secondary N) is 1. The molecule has 1 N–H and O–H groups in total. The topological polar surface area (TPSA) is 42.0 Å². The summed E-state index contributed by atoms with van der Waals surface area (Å²) in [5.74, 6) is -0.132. The normalized spacial score (nSPS) is 15.9. The molecule has 0 spiro atoms. The van der Waals surface area contributed by atoms with Crippen LogP contribution in [0.4, 0.5) is 0 Å². The number of benzene rings is 2. The van der Waals surface area contributed by atoms with Gasteiger partial charge in [-0.05, 0) is 47.0 Å². The Morgan fingerprint density at radius 3 is 2.75 bits per heavy atom. The second kappa shape index (κ2) is 6.19. The SMILES string of the molecule is O=C1NC(=S)S/C1=C\c1cccc(-c2ccc3ncccc3c2)c1. The summed E-state index contributed by atoms with van der Waals surface area (Å²) >= 11 is 6.32. The Balaban J connectivity index is 1.72. The number of fused-ring (bicyclic) bond motifs is 1. The van der Waals surface area contributed by atoms with Crippen molar-refractivity contribution in [2.45, 2.75) is 0 Å². The first kappa shape index (κ1) is 15.1. The number of thioether (sulfide) groups is 1. The van der Waals surface area contributed by atoms with E-state index in [0.717, 1.165) is 27.6 Å². The predicted octanol–water partition coefficient (Wildman–Crippen LogP) is 4.39. The van der Waals surface area contributed by atoms with Crippen molar-refractivity contribution < 1.29 is 4.79 Å². The highest BCUT2D eigenvalue weighted by molar-refractivity contribution is 8.26. The number of carbonyl (C=O) groups is 1. The third-order valence-corrected chi connectivity index (χ3v) is 4.93. The molecule has 1 fully saturated rings. The lowest BCUT2D eigenvalue weighted by atomic mass is 10.0. The number of hydrogen-bond donors (Lipinski definition) is 1. The number of aromatic nitrogens is 1. The Labute approximate surface area is 148 Å². The summed E-state index contributed by atoms with van der Waals surface area (Å²) in [5.41, 5.74) is 4.17. The van der Waals surface area contributed by atoms with Crippen molar-refractivity contribution in [1.29, 1.82) is 0 Å². The minimum absolute atomic E-state index is 0.132. The van der Waals surface area contributed by atoms with Crippen LogP contribution in [0.3, 0.4) is 0 Å². The van der Waals surface area contributed by atoms with Gasteiger partial charge < -0.3 is 5.32 Å². The average molecular weight is 348 g/mol. The van der Waals surface area contributed by atoms with Crippen LogP contribution in [0.15, 0.2) is 65.7 Å². The highest BCUT2D eigenvalue weighted by atomic mass is 32.2. The molecule has 3 nitrogen and oxygen atoms in total. The van der Waals surface area contributed by atoms with Gasteiger partial charge in [-0.1, -0.05) is 54.3 Å². The Morgan fingerprint density at radius 1 is 1.04 bits per heavy atom. The monoisotopic (exact) mass is 348 g/mol. The molecule has 1 aromatic heterocycles. The van der Waals surface area contributed by atoms with E-state index in [4.69, 9.17) is 12.2 Å². The van der Waals surface area contributed by atoms with Crippen molar-refractivity contribution in [3.63, 3.8) is 0 Å². The van der Waals surface area contributed by atoms with Gasteiger partial charge in [-0.15, -0.1) is 0 Å². The van der Waals surface area contributed by atoms with E-state index in [2.05, 4.69) is 40.6 Å². The number of thiocarbonyl (C=S) groups is 1. The molecule has 1 saturated heterocycles. The fourth-order valence-corrected chi connectivity index (χ4v) is 3.68. The highest BCUT2D eigenvalue weighted by Crippen LogP contribution is 2.28. The number of nitrogens with zero attached hydrogens (tertiary/aromatic N) is 1. The standard InChI is InChI=1S/C19H12N2OS2/c22-18-17(24-19(23)21-18)10-12-3-1-4-13(9-12)14-6-7-16-15(11-14)5-2-8-20-16/h1-11H,(H,21,22,23)/b17-10-. The van der Waals surface area contributed by atoms with Gasteiger partial charge >= 0.3 is 0 Å². The first-order valence-electron chi connectivity index (χ1n) is 7.39. The van der Waals surface area contributed by atoms with Gasteiger partial charge in [-0.2, -0.15) is 0 Å². The molecular formula is C19H12N2OS2. The molecule has 1 aliphatic rings. The summed E-state index contributed by atoms with van der Waals surface area (Å²) < 4.78 is 0.504. The molecular weight excluding hydrogens is 336 g/mol. The summed E-state index contributed by atoms with van der Waals surface area (Å²) in [7, 11) is 0. The zero-order valence-corrected chi connectivity index (χ0v) is 14.2. The molecule has 116 valence electrons. The Kier molecular flexibility index (Phi) is 3.88. The van der Waals surface area contributed by atoms with Gasteiger partial charge in [0.25, 0.3) is 5.91 Å². The number of pyridine rings is 1. The van der Waals surface area contributed by atoms with Gasteiger partial charge in [0.15, 0.2) is 0 Å². The van der Waals surface area contributed by atoms with E-state index in [1.165, 1.54) is 11.8 Å².